The third kappa shape index (κ3) is 2.74. The fourth-order valence-corrected chi connectivity index (χ4v) is 2.52. The molecule has 0 bridgehead atoms. The van der Waals surface area contributed by atoms with Crippen molar-refractivity contribution in [1.82, 2.24) is 10.6 Å². The summed E-state index contributed by atoms with van der Waals surface area (Å²) in [4.78, 5) is 22.8. The first-order valence-corrected chi connectivity index (χ1v) is 6.25. The van der Waals surface area contributed by atoms with Crippen LogP contribution in [0, 0.1) is 5.92 Å². The second kappa shape index (κ2) is 4.85. The van der Waals surface area contributed by atoms with Gasteiger partial charge in [0, 0.05) is 12.5 Å². The Balaban J connectivity index is 1.77. The van der Waals surface area contributed by atoms with Crippen LogP contribution in [0.2, 0.25) is 0 Å². The van der Waals surface area contributed by atoms with E-state index < -0.39 is 0 Å². The Morgan fingerprint density at radius 1 is 1.25 bits per heavy atom. The molecule has 2 fully saturated rings. The molecule has 1 heterocycles. The number of hydrogen-bond donors (Lipinski definition) is 2. The second-order valence-electron chi connectivity index (χ2n) is 5.12. The van der Waals surface area contributed by atoms with E-state index in [1.807, 2.05) is 0 Å². The van der Waals surface area contributed by atoms with Crippen LogP contribution >= 0.6 is 0 Å². The molecular formula is C12H20N2O2. The maximum Gasteiger partial charge on any atom is 0.242 e. The van der Waals surface area contributed by atoms with Crippen LogP contribution in [0.15, 0.2) is 0 Å². The molecule has 0 aromatic rings. The van der Waals surface area contributed by atoms with E-state index in [-0.39, 0.29) is 17.9 Å². The minimum absolute atomic E-state index is 0.00239. The fraction of sp³-hybridized carbons (Fsp3) is 0.833. The monoisotopic (exact) mass is 224 g/mol. The minimum Gasteiger partial charge on any atom is -0.352 e. The molecule has 1 aliphatic heterocycles. The average Bonchev–Trinajstić information content (AvgIpc) is 2.68. The fourth-order valence-electron chi connectivity index (χ4n) is 2.52. The lowest BCUT2D eigenvalue weighted by atomic mass is 9.87. The molecule has 2 aliphatic rings. The summed E-state index contributed by atoms with van der Waals surface area (Å²) < 4.78 is 0. The Labute approximate surface area is 96.2 Å². The first kappa shape index (κ1) is 11.4. The van der Waals surface area contributed by atoms with Gasteiger partial charge in [-0.05, 0) is 38.0 Å². The van der Waals surface area contributed by atoms with Gasteiger partial charge in [0.2, 0.25) is 11.8 Å². The molecule has 0 unspecified atom stereocenters. The van der Waals surface area contributed by atoms with Crippen LogP contribution in [0.5, 0.6) is 0 Å². The highest BCUT2D eigenvalue weighted by Crippen LogP contribution is 2.23. The van der Waals surface area contributed by atoms with Gasteiger partial charge < -0.3 is 10.6 Å². The highest BCUT2D eigenvalue weighted by Gasteiger charge is 2.29. The molecule has 0 spiro atoms. The van der Waals surface area contributed by atoms with E-state index >= 15 is 0 Å². The van der Waals surface area contributed by atoms with Gasteiger partial charge in [-0.25, -0.2) is 0 Å². The van der Waals surface area contributed by atoms with Crippen LogP contribution in [0.3, 0.4) is 0 Å². The lowest BCUT2D eigenvalue weighted by molar-refractivity contribution is -0.126. The Morgan fingerprint density at radius 3 is 2.50 bits per heavy atom. The van der Waals surface area contributed by atoms with Crippen molar-refractivity contribution in [2.24, 2.45) is 5.92 Å². The van der Waals surface area contributed by atoms with Crippen molar-refractivity contribution in [1.29, 1.82) is 0 Å². The number of rotatable bonds is 2. The largest absolute Gasteiger partial charge is 0.352 e. The average molecular weight is 224 g/mol. The normalized spacial score (nSPS) is 34.6. The Hall–Kier alpha value is -1.06. The Kier molecular flexibility index (Phi) is 3.46. The molecule has 0 radical (unpaired) electrons. The van der Waals surface area contributed by atoms with E-state index in [2.05, 4.69) is 17.6 Å². The first-order chi connectivity index (χ1) is 7.65. The quantitative estimate of drug-likeness (QED) is 0.734. The Morgan fingerprint density at radius 2 is 1.94 bits per heavy atom. The molecule has 90 valence electrons. The summed E-state index contributed by atoms with van der Waals surface area (Å²) in [6, 6.07) is 0.0352. The molecular weight excluding hydrogens is 204 g/mol. The van der Waals surface area contributed by atoms with Gasteiger partial charge in [0.1, 0.15) is 6.04 Å². The van der Waals surface area contributed by atoms with Crippen LogP contribution in [-0.2, 0) is 9.59 Å². The van der Waals surface area contributed by atoms with Crippen molar-refractivity contribution < 1.29 is 9.59 Å². The van der Waals surface area contributed by atoms with Crippen molar-refractivity contribution in [3.05, 3.63) is 0 Å². The number of amides is 2. The third-order valence-electron chi connectivity index (χ3n) is 3.67. The van der Waals surface area contributed by atoms with Crippen molar-refractivity contribution >= 4 is 11.8 Å². The smallest absolute Gasteiger partial charge is 0.242 e. The molecule has 2 rings (SSSR count). The lowest BCUT2D eigenvalue weighted by Crippen LogP contribution is -2.46. The van der Waals surface area contributed by atoms with Crippen LogP contribution in [0.25, 0.3) is 0 Å². The third-order valence-corrected chi connectivity index (χ3v) is 3.67. The van der Waals surface area contributed by atoms with Gasteiger partial charge in [0.15, 0.2) is 0 Å². The number of carbonyl (C=O) groups is 2. The molecule has 16 heavy (non-hydrogen) atoms. The SMILES string of the molecule is CC1CCC(NC(=O)[C@H]2CCC(=O)N2)CC1. The van der Waals surface area contributed by atoms with Crippen LogP contribution in [-0.4, -0.2) is 23.9 Å². The molecule has 1 saturated carbocycles. The van der Waals surface area contributed by atoms with Gasteiger partial charge in [-0.2, -0.15) is 0 Å². The highest BCUT2D eigenvalue weighted by atomic mass is 16.2. The summed E-state index contributed by atoms with van der Waals surface area (Å²) in [6.45, 7) is 2.26. The zero-order valence-electron chi connectivity index (χ0n) is 9.79. The zero-order valence-corrected chi connectivity index (χ0v) is 9.79. The highest BCUT2D eigenvalue weighted by molar-refractivity contribution is 5.90. The molecule has 4 nitrogen and oxygen atoms in total. The standard InChI is InChI=1S/C12H20N2O2/c1-8-2-4-9(5-3-8)13-12(16)10-6-7-11(15)14-10/h8-10H,2-7H2,1H3,(H,13,16)(H,14,15)/t8?,9?,10-/m1/s1. The summed E-state index contributed by atoms with van der Waals surface area (Å²) in [5.74, 6) is 0.794. The summed E-state index contributed by atoms with van der Waals surface area (Å²) >= 11 is 0. The lowest BCUT2D eigenvalue weighted by Gasteiger charge is -2.27. The van der Waals surface area contributed by atoms with Crippen LogP contribution in [0.1, 0.15) is 45.4 Å². The van der Waals surface area contributed by atoms with E-state index in [0.717, 1.165) is 18.8 Å². The number of carbonyl (C=O) groups excluding carboxylic acids is 2. The molecule has 1 atom stereocenters. The van der Waals surface area contributed by atoms with Gasteiger partial charge in [0.25, 0.3) is 0 Å². The maximum absolute atomic E-state index is 11.8. The maximum atomic E-state index is 11.8. The molecule has 1 aliphatic carbocycles. The van der Waals surface area contributed by atoms with Crippen molar-refractivity contribution in [2.75, 3.05) is 0 Å². The summed E-state index contributed by atoms with van der Waals surface area (Å²) in [6.07, 6.45) is 5.68. The number of nitrogens with one attached hydrogen (secondary N) is 2. The van der Waals surface area contributed by atoms with Crippen LogP contribution < -0.4 is 10.6 Å². The molecule has 0 aromatic carbocycles. The first-order valence-electron chi connectivity index (χ1n) is 6.25. The molecule has 4 heteroatoms. The van der Waals surface area contributed by atoms with E-state index in [9.17, 15) is 9.59 Å². The molecule has 0 aromatic heterocycles. The zero-order chi connectivity index (χ0) is 11.5. The van der Waals surface area contributed by atoms with Gasteiger partial charge in [0.05, 0.1) is 0 Å². The predicted octanol–water partition coefficient (Wildman–Crippen LogP) is 0.960. The summed E-state index contributed by atoms with van der Waals surface area (Å²) in [5.41, 5.74) is 0. The summed E-state index contributed by atoms with van der Waals surface area (Å²) in [7, 11) is 0. The Bertz CT molecular complexity index is 283. The minimum atomic E-state index is -0.285. The van der Waals surface area contributed by atoms with E-state index in [4.69, 9.17) is 0 Å². The molecule has 2 amide bonds. The summed E-state index contributed by atoms with van der Waals surface area (Å²) in [5, 5.41) is 5.75. The van der Waals surface area contributed by atoms with Gasteiger partial charge in [-0.15, -0.1) is 0 Å². The van der Waals surface area contributed by atoms with Crippen molar-refractivity contribution in [3.8, 4) is 0 Å². The predicted molar refractivity (Wildman–Crippen MR) is 60.7 cm³/mol. The van der Waals surface area contributed by atoms with Crippen molar-refractivity contribution in [3.63, 3.8) is 0 Å². The second-order valence-corrected chi connectivity index (χ2v) is 5.12. The number of hydrogen-bond acceptors (Lipinski definition) is 2. The van der Waals surface area contributed by atoms with Gasteiger partial charge in [-0.3, -0.25) is 9.59 Å². The van der Waals surface area contributed by atoms with Gasteiger partial charge in [-0.1, -0.05) is 6.92 Å². The topological polar surface area (TPSA) is 58.2 Å². The van der Waals surface area contributed by atoms with Crippen LogP contribution in [0.4, 0.5) is 0 Å². The van der Waals surface area contributed by atoms with E-state index in [0.29, 0.717) is 18.9 Å². The van der Waals surface area contributed by atoms with Gasteiger partial charge >= 0.3 is 0 Å². The van der Waals surface area contributed by atoms with Crippen molar-refractivity contribution in [2.45, 2.75) is 57.5 Å². The molecule has 1 saturated heterocycles. The van der Waals surface area contributed by atoms with E-state index in [1.165, 1.54) is 12.8 Å². The van der Waals surface area contributed by atoms with E-state index in [1.54, 1.807) is 0 Å². The molecule has 2 N–H and O–H groups in total.